The van der Waals surface area contributed by atoms with Crippen LogP contribution in [0.1, 0.15) is 27.2 Å². The van der Waals surface area contributed by atoms with Gasteiger partial charge in [0.1, 0.15) is 5.52 Å². The molecular weight excluding hydrogens is 256 g/mol. The minimum Gasteiger partial charge on any atom is -0.378 e. The molecule has 0 amide bonds. The van der Waals surface area contributed by atoms with Crippen LogP contribution in [0.25, 0.3) is 11.2 Å². The topological polar surface area (TPSA) is 102 Å². The van der Waals surface area contributed by atoms with Gasteiger partial charge < -0.3 is 20.8 Å². The van der Waals surface area contributed by atoms with Crippen molar-refractivity contribution in [1.29, 1.82) is 0 Å². The van der Waals surface area contributed by atoms with E-state index in [9.17, 15) is 0 Å². The van der Waals surface area contributed by atoms with Crippen molar-refractivity contribution in [2.24, 2.45) is 5.41 Å². The molecule has 2 unspecified atom stereocenters. The average Bonchev–Trinajstić information content (AvgIpc) is 2.85. The molecule has 0 spiro atoms. The number of aromatic nitrogens is 4. The number of fused-ring (bicyclic) bond motifs is 1. The monoisotopic (exact) mass is 276 g/mol. The molecule has 0 radical (unpaired) electrons. The first-order chi connectivity index (χ1) is 9.52. The molecule has 4 N–H and O–H groups in total. The van der Waals surface area contributed by atoms with E-state index in [2.05, 4.69) is 39.1 Å². The fraction of sp³-hybridized carbons (Fsp3) is 0.615. The average molecular weight is 276 g/mol. The molecule has 0 saturated heterocycles. The van der Waals surface area contributed by atoms with Gasteiger partial charge in [-0.15, -0.1) is 0 Å². The lowest BCUT2D eigenvalue weighted by Gasteiger charge is -2.51. The summed E-state index contributed by atoms with van der Waals surface area (Å²) < 4.78 is 5.74. The number of nitrogens with zero attached hydrogens (tertiary/aromatic N) is 3. The quantitative estimate of drug-likeness (QED) is 0.783. The minimum absolute atomic E-state index is 0.0576. The summed E-state index contributed by atoms with van der Waals surface area (Å²) in [6, 6.07) is 0.292. The highest BCUT2D eigenvalue weighted by atomic mass is 16.5. The molecule has 0 bridgehead atoms. The highest BCUT2D eigenvalue weighted by molar-refractivity contribution is 5.83. The van der Waals surface area contributed by atoms with Crippen molar-refractivity contribution in [3.05, 3.63) is 6.33 Å². The molecule has 7 nitrogen and oxygen atoms in total. The Kier molecular flexibility index (Phi) is 3.01. The van der Waals surface area contributed by atoms with Gasteiger partial charge in [-0.25, -0.2) is 4.98 Å². The van der Waals surface area contributed by atoms with Gasteiger partial charge in [0.15, 0.2) is 11.5 Å². The van der Waals surface area contributed by atoms with Crippen molar-refractivity contribution in [2.45, 2.75) is 39.3 Å². The smallest absolute Gasteiger partial charge is 0.224 e. The van der Waals surface area contributed by atoms with Crippen molar-refractivity contribution < 1.29 is 4.74 Å². The maximum absolute atomic E-state index is 5.74. The molecule has 2 aromatic rings. The SMILES string of the molecule is CCOC1CC(Nc2nc(N)nc3nc[nH]c23)C1(C)C. The van der Waals surface area contributed by atoms with Crippen LogP contribution in [0.15, 0.2) is 6.33 Å². The lowest BCUT2D eigenvalue weighted by molar-refractivity contribution is -0.0976. The molecule has 1 fully saturated rings. The summed E-state index contributed by atoms with van der Waals surface area (Å²) in [4.78, 5) is 15.5. The Labute approximate surface area is 117 Å². The van der Waals surface area contributed by atoms with Crippen LogP contribution in [-0.4, -0.2) is 38.7 Å². The molecular formula is C13H20N6O. The van der Waals surface area contributed by atoms with E-state index in [4.69, 9.17) is 10.5 Å². The van der Waals surface area contributed by atoms with Crippen LogP contribution in [0.3, 0.4) is 0 Å². The Morgan fingerprint density at radius 3 is 3.00 bits per heavy atom. The second-order valence-corrected chi connectivity index (χ2v) is 5.73. The normalized spacial score (nSPS) is 24.6. The maximum atomic E-state index is 5.74. The van der Waals surface area contributed by atoms with Gasteiger partial charge >= 0.3 is 0 Å². The fourth-order valence-electron chi connectivity index (χ4n) is 2.73. The highest BCUT2D eigenvalue weighted by Crippen LogP contribution is 2.44. The first-order valence-corrected chi connectivity index (χ1v) is 6.87. The molecule has 7 heteroatoms. The Bertz CT molecular complexity index is 622. The van der Waals surface area contributed by atoms with E-state index in [1.54, 1.807) is 6.33 Å². The second-order valence-electron chi connectivity index (χ2n) is 5.73. The largest absolute Gasteiger partial charge is 0.378 e. The molecule has 2 aromatic heterocycles. The van der Waals surface area contributed by atoms with E-state index in [1.165, 1.54) is 0 Å². The summed E-state index contributed by atoms with van der Waals surface area (Å²) in [5.74, 6) is 0.934. The second kappa shape index (κ2) is 4.59. The van der Waals surface area contributed by atoms with E-state index in [0.717, 1.165) is 18.5 Å². The standard InChI is InChI=1S/C13H20N6O/c1-4-20-8-5-7(13(8,2)3)17-11-9-10(16-6-15-9)18-12(14)19-11/h6-8H,4-5H2,1-3H3,(H4,14,15,16,17,18,19). The van der Waals surface area contributed by atoms with Crippen LogP contribution in [0.4, 0.5) is 11.8 Å². The van der Waals surface area contributed by atoms with Gasteiger partial charge in [-0.1, -0.05) is 13.8 Å². The molecule has 20 heavy (non-hydrogen) atoms. The number of ether oxygens (including phenoxy) is 1. The van der Waals surface area contributed by atoms with E-state index >= 15 is 0 Å². The third-order valence-corrected chi connectivity index (χ3v) is 4.16. The van der Waals surface area contributed by atoms with Gasteiger partial charge in [0, 0.05) is 18.1 Å². The fourth-order valence-corrected chi connectivity index (χ4v) is 2.73. The number of rotatable bonds is 4. The molecule has 1 saturated carbocycles. The van der Waals surface area contributed by atoms with Gasteiger partial charge in [-0.05, 0) is 13.3 Å². The molecule has 0 aromatic carbocycles. The number of hydrogen-bond donors (Lipinski definition) is 3. The van der Waals surface area contributed by atoms with Crippen LogP contribution in [0.5, 0.6) is 0 Å². The number of anilines is 2. The zero-order valence-electron chi connectivity index (χ0n) is 12.0. The summed E-state index contributed by atoms with van der Waals surface area (Å²) >= 11 is 0. The number of H-pyrrole nitrogens is 1. The Hall–Kier alpha value is -1.89. The van der Waals surface area contributed by atoms with Crippen LogP contribution < -0.4 is 11.1 Å². The molecule has 1 aliphatic rings. The summed E-state index contributed by atoms with van der Waals surface area (Å²) in [6.07, 6.45) is 2.83. The lowest BCUT2D eigenvalue weighted by Crippen LogP contribution is -2.58. The zero-order valence-corrected chi connectivity index (χ0v) is 12.0. The van der Waals surface area contributed by atoms with E-state index in [0.29, 0.717) is 17.5 Å². The number of hydrogen-bond acceptors (Lipinski definition) is 6. The first kappa shape index (κ1) is 13.1. The zero-order chi connectivity index (χ0) is 14.3. The van der Waals surface area contributed by atoms with Crippen molar-refractivity contribution in [3.63, 3.8) is 0 Å². The third kappa shape index (κ3) is 1.98. The first-order valence-electron chi connectivity index (χ1n) is 6.87. The van der Waals surface area contributed by atoms with Crippen molar-refractivity contribution in [3.8, 4) is 0 Å². The molecule has 2 atom stereocenters. The summed E-state index contributed by atoms with van der Waals surface area (Å²) in [7, 11) is 0. The van der Waals surface area contributed by atoms with Crippen LogP contribution in [0, 0.1) is 5.41 Å². The van der Waals surface area contributed by atoms with Crippen LogP contribution >= 0.6 is 0 Å². The van der Waals surface area contributed by atoms with Gasteiger partial charge in [-0.3, -0.25) is 0 Å². The predicted molar refractivity (Wildman–Crippen MR) is 77.3 cm³/mol. The van der Waals surface area contributed by atoms with Gasteiger partial charge in [0.2, 0.25) is 5.95 Å². The van der Waals surface area contributed by atoms with Gasteiger partial charge in [0.25, 0.3) is 0 Å². The number of aromatic amines is 1. The molecule has 108 valence electrons. The minimum atomic E-state index is 0.0576. The Balaban J connectivity index is 1.83. The highest BCUT2D eigenvalue weighted by Gasteiger charge is 2.49. The maximum Gasteiger partial charge on any atom is 0.224 e. The molecule has 0 aliphatic heterocycles. The van der Waals surface area contributed by atoms with Crippen molar-refractivity contribution in [2.75, 3.05) is 17.7 Å². The summed E-state index contributed by atoms with van der Waals surface area (Å²) in [5, 5.41) is 3.44. The number of nitrogen functional groups attached to an aromatic ring is 1. The number of nitrogens with one attached hydrogen (secondary N) is 2. The van der Waals surface area contributed by atoms with Gasteiger partial charge in [0.05, 0.1) is 12.4 Å². The lowest BCUT2D eigenvalue weighted by atomic mass is 9.64. The third-order valence-electron chi connectivity index (χ3n) is 4.16. The van der Waals surface area contributed by atoms with E-state index < -0.39 is 0 Å². The number of nitrogens with two attached hydrogens (primary N) is 1. The van der Waals surface area contributed by atoms with Crippen LogP contribution in [0.2, 0.25) is 0 Å². The Morgan fingerprint density at radius 2 is 2.30 bits per heavy atom. The molecule has 2 heterocycles. The van der Waals surface area contributed by atoms with Crippen LogP contribution in [-0.2, 0) is 4.74 Å². The molecule has 1 aliphatic carbocycles. The molecule has 3 rings (SSSR count). The van der Waals surface area contributed by atoms with Crippen molar-refractivity contribution >= 4 is 22.9 Å². The predicted octanol–water partition coefficient (Wildman–Crippen LogP) is 1.55. The summed E-state index contributed by atoms with van der Waals surface area (Å²) in [5.41, 5.74) is 7.15. The number of imidazole rings is 1. The summed E-state index contributed by atoms with van der Waals surface area (Å²) in [6.45, 7) is 7.16. The van der Waals surface area contributed by atoms with Crippen molar-refractivity contribution in [1.82, 2.24) is 19.9 Å². The Morgan fingerprint density at radius 1 is 1.50 bits per heavy atom. The van der Waals surface area contributed by atoms with E-state index in [1.807, 2.05) is 6.92 Å². The van der Waals surface area contributed by atoms with Gasteiger partial charge in [-0.2, -0.15) is 9.97 Å². The van der Waals surface area contributed by atoms with E-state index in [-0.39, 0.29) is 17.5 Å².